The monoisotopic (exact) mass is 486 g/mol. The van der Waals surface area contributed by atoms with Crippen LogP contribution in [0.3, 0.4) is 0 Å². The lowest BCUT2D eigenvalue weighted by molar-refractivity contribution is 0.0566. The van der Waals surface area contributed by atoms with Crippen molar-refractivity contribution in [3.8, 4) is 28.0 Å². The second-order valence-corrected chi connectivity index (χ2v) is 9.16. The maximum Gasteiger partial charge on any atom is 0.131 e. The maximum atomic E-state index is 14.9. The molecule has 0 aliphatic carbocycles. The van der Waals surface area contributed by atoms with Crippen LogP contribution in [0.25, 0.3) is 28.3 Å². The summed E-state index contributed by atoms with van der Waals surface area (Å²) >= 11 is 0. The minimum absolute atomic E-state index is 0.236. The van der Waals surface area contributed by atoms with Crippen molar-refractivity contribution in [2.45, 2.75) is 58.5 Å². The lowest BCUT2D eigenvalue weighted by atomic mass is 9.99. The van der Waals surface area contributed by atoms with Crippen molar-refractivity contribution in [3.05, 3.63) is 96.8 Å². The van der Waals surface area contributed by atoms with E-state index in [2.05, 4.69) is 44.7 Å². The number of rotatable bonds is 15. The molecule has 0 saturated heterocycles. The zero-order chi connectivity index (χ0) is 25.6. The van der Waals surface area contributed by atoms with Crippen molar-refractivity contribution >= 4 is 6.08 Å². The number of unbranched alkanes of at least 4 members (excludes halogenated alkanes) is 3. The average Bonchev–Trinajstić information content (AvgIpc) is 2.90. The third kappa shape index (κ3) is 8.80. The smallest absolute Gasteiger partial charge is 0.131 e. The lowest BCUT2D eigenvalue weighted by Crippen LogP contribution is -2.08. The van der Waals surface area contributed by atoms with Gasteiger partial charge in [0.05, 0.1) is 6.10 Å². The van der Waals surface area contributed by atoms with Gasteiger partial charge in [-0.3, -0.25) is 0 Å². The van der Waals surface area contributed by atoms with Crippen LogP contribution < -0.4 is 4.74 Å². The highest BCUT2D eigenvalue weighted by Gasteiger charge is 2.08. The van der Waals surface area contributed by atoms with Gasteiger partial charge in [0.25, 0.3) is 0 Å². The van der Waals surface area contributed by atoms with E-state index in [-0.39, 0.29) is 5.82 Å². The summed E-state index contributed by atoms with van der Waals surface area (Å²) in [5, 5.41) is 0. The molecular formula is C33H39FO2. The molecule has 0 radical (unpaired) electrons. The van der Waals surface area contributed by atoms with Crippen LogP contribution in [0.5, 0.6) is 5.75 Å². The van der Waals surface area contributed by atoms with Gasteiger partial charge in [-0.2, -0.15) is 0 Å². The van der Waals surface area contributed by atoms with Gasteiger partial charge in [-0.05, 0) is 73.1 Å². The molecule has 0 heterocycles. The summed E-state index contributed by atoms with van der Waals surface area (Å²) in [6.07, 6.45) is 13.3. The molecule has 0 aliphatic heterocycles. The summed E-state index contributed by atoms with van der Waals surface area (Å²) in [6, 6.07) is 21.1. The van der Waals surface area contributed by atoms with Crippen LogP contribution in [0, 0.1) is 5.82 Å². The van der Waals surface area contributed by atoms with E-state index >= 15 is 0 Å². The molecular weight excluding hydrogens is 447 g/mol. The second-order valence-electron chi connectivity index (χ2n) is 9.16. The van der Waals surface area contributed by atoms with E-state index in [0.717, 1.165) is 60.3 Å². The second kappa shape index (κ2) is 15.1. The third-order valence-corrected chi connectivity index (χ3v) is 6.19. The van der Waals surface area contributed by atoms with Gasteiger partial charge in [0, 0.05) is 12.2 Å². The molecule has 3 heteroatoms. The van der Waals surface area contributed by atoms with Crippen molar-refractivity contribution < 1.29 is 13.9 Å². The Kier molecular flexibility index (Phi) is 11.5. The molecule has 3 aromatic carbocycles. The van der Waals surface area contributed by atoms with Gasteiger partial charge in [-0.25, -0.2) is 4.39 Å². The molecule has 0 aromatic heterocycles. The zero-order valence-electron chi connectivity index (χ0n) is 21.7. The van der Waals surface area contributed by atoms with Gasteiger partial charge in [0.1, 0.15) is 18.2 Å². The van der Waals surface area contributed by atoms with Crippen LogP contribution in [0.15, 0.2) is 85.5 Å². The predicted octanol–water partition coefficient (Wildman–Crippen LogP) is 9.50. The molecule has 0 aliphatic rings. The first-order valence-electron chi connectivity index (χ1n) is 13.1. The van der Waals surface area contributed by atoms with Crippen molar-refractivity contribution in [3.63, 3.8) is 0 Å². The molecule has 1 unspecified atom stereocenters. The van der Waals surface area contributed by atoms with Crippen molar-refractivity contribution in [2.75, 3.05) is 13.2 Å². The van der Waals surface area contributed by atoms with Crippen molar-refractivity contribution in [2.24, 2.45) is 0 Å². The van der Waals surface area contributed by atoms with Gasteiger partial charge < -0.3 is 9.47 Å². The third-order valence-electron chi connectivity index (χ3n) is 6.19. The highest BCUT2D eigenvalue weighted by atomic mass is 19.1. The SMILES string of the molecule is C=CCOc1ccc(-c2ccc(-c3ccc(C=CCCCC(C)OCCCCC)cc3)cc2F)cc1. The van der Waals surface area contributed by atoms with Gasteiger partial charge in [0.15, 0.2) is 0 Å². The average molecular weight is 487 g/mol. The molecule has 0 saturated carbocycles. The highest BCUT2D eigenvalue weighted by Crippen LogP contribution is 2.29. The zero-order valence-corrected chi connectivity index (χ0v) is 21.7. The number of benzene rings is 3. The molecule has 0 fully saturated rings. The van der Waals surface area contributed by atoms with Crippen molar-refractivity contribution in [1.82, 2.24) is 0 Å². The number of allylic oxidation sites excluding steroid dienone is 1. The van der Waals surface area contributed by atoms with Crippen molar-refractivity contribution in [1.29, 1.82) is 0 Å². The van der Waals surface area contributed by atoms with E-state index in [1.54, 1.807) is 12.1 Å². The van der Waals surface area contributed by atoms with E-state index in [1.807, 2.05) is 48.5 Å². The van der Waals surface area contributed by atoms with Crippen LogP contribution in [0.1, 0.15) is 57.9 Å². The standard InChI is InChI=1S/C33H39FO2/c1-4-6-10-24-35-26(3)11-8-7-9-12-27-13-15-28(16-14-27)30-19-22-32(33(34)25-30)29-17-20-31(21-18-29)36-23-5-2/h5,9,12-22,25-26H,2,4,6-8,10-11,23-24H2,1,3H3. The van der Waals surface area contributed by atoms with E-state index in [4.69, 9.17) is 9.47 Å². The van der Waals surface area contributed by atoms with Gasteiger partial charge in [-0.15, -0.1) is 0 Å². The first-order valence-corrected chi connectivity index (χ1v) is 13.1. The van der Waals surface area contributed by atoms with Crippen LogP contribution in [-0.2, 0) is 4.74 Å². The number of halogens is 1. The fourth-order valence-corrected chi connectivity index (χ4v) is 4.06. The first-order chi connectivity index (χ1) is 17.6. The quantitative estimate of drug-likeness (QED) is 0.157. The molecule has 2 nitrogen and oxygen atoms in total. The minimum Gasteiger partial charge on any atom is -0.490 e. The molecule has 3 rings (SSSR count). The Balaban J connectivity index is 1.50. The first kappa shape index (κ1) is 27.4. The van der Waals surface area contributed by atoms with Crippen LogP contribution in [0.2, 0.25) is 0 Å². The summed E-state index contributed by atoms with van der Waals surface area (Å²) in [6.45, 7) is 9.35. The maximum absolute atomic E-state index is 14.9. The number of hydrogen-bond donors (Lipinski definition) is 0. The normalized spacial score (nSPS) is 12.1. The van der Waals surface area contributed by atoms with Gasteiger partial charge in [0.2, 0.25) is 0 Å². The fourth-order valence-electron chi connectivity index (χ4n) is 4.06. The summed E-state index contributed by atoms with van der Waals surface area (Å²) in [7, 11) is 0. The Bertz CT molecular complexity index is 1080. The predicted molar refractivity (Wildman–Crippen MR) is 151 cm³/mol. The molecule has 0 spiro atoms. The Morgan fingerprint density at radius 2 is 1.61 bits per heavy atom. The van der Waals surface area contributed by atoms with Crippen LogP contribution in [-0.4, -0.2) is 19.3 Å². The summed E-state index contributed by atoms with van der Waals surface area (Å²) < 4.78 is 26.3. The lowest BCUT2D eigenvalue weighted by Gasteiger charge is -2.12. The largest absolute Gasteiger partial charge is 0.490 e. The van der Waals surface area contributed by atoms with Crippen LogP contribution in [0.4, 0.5) is 4.39 Å². The van der Waals surface area contributed by atoms with Gasteiger partial charge >= 0.3 is 0 Å². The summed E-state index contributed by atoms with van der Waals surface area (Å²) in [5.41, 5.74) is 4.42. The Labute approximate surface area is 216 Å². The van der Waals surface area contributed by atoms with Crippen LogP contribution >= 0.6 is 0 Å². The van der Waals surface area contributed by atoms with E-state index < -0.39 is 0 Å². The topological polar surface area (TPSA) is 18.5 Å². The molecule has 0 bridgehead atoms. The summed E-state index contributed by atoms with van der Waals surface area (Å²) in [4.78, 5) is 0. The molecule has 3 aromatic rings. The van der Waals surface area contributed by atoms with E-state index in [9.17, 15) is 4.39 Å². The fraction of sp³-hybridized carbons (Fsp3) is 0.333. The molecule has 0 N–H and O–H groups in total. The van der Waals surface area contributed by atoms with E-state index in [0.29, 0.717) is 18.3 Å². The van der Waals surface area contributed by atoms with E-state index in [1.165, 1.54) is 12.8 Å². The Morgan fingerprint density at radius 1 is 0.889 bits per heavy atom. The summed E-state index contributed by atoms with van der Waals surface area (Å²) in [5.74, 6) is 0.506. The molecule has 190 valence electrons. The molecule has 36 heavy (non-hydrogen) atoms. The molecule has 0 amide bonds. The minimum atomic E-state index is -0.236. The van der Waals surface area contributed by atoms with Gasteiger partial charge in [-0.1, -0.05) is 93.1 Å². The highest BCUT2D eigenvalue weighted by molar-refractivity contribution is 5.72. The Hall–Kier alpha value is -3.17. The number of ether oxygens (including phenoxy) is 2. The number of hydrogen-bond acceptors (Lipinski definition) is 2. The Morgan fingerprint density at radius 3 is 2.31 bits per heavy atom. The molecule has 1 atom stereocenters.